The van der Waals surface area contributed by atoms with Crippen LogP contribution in [-0.4, -0.2) is 12.3 Å². The molecule has 0 heterocycles. The average molecular weight is 185 g/mol. The summed E-state index contributed by atoms with van der Waals surface area (Å²) in [5, 5.41) is 8.42. The predicted octanol–water partition coefficient (Wildman–Crippen LogP) is 1.45. The Kier molecular flexibility index (Phi) is 3.82. The molecule has 13 heavy (non-hydrogen) atoms. The van der Waals surface area contributed by atoms with E-state index in [0.29, 0.717) is 12.2 Å². The monoisotopic (exact) mass is 185 g/mol. The number of hydrogen-bond donors (Lipinski definition) is 2. The molecule has 0 radical (unpaired) electrons. The molecule has 0 saturated carbocycles. The van der Waals surface area contributed by atoms with Gasteiger partial charge in [0.05, 0.1) is 6.61 Å². The van der Waals surface area contributed by atoms with E-state index in [1.807, 2.05) is 5.48 Å². The molecule has 72 valence electrons. The Bertz CT molecular complexity index is 278. The van der Waals surface area contributed by atoms with Crippen molar-refractivity contribution in [1.29, 1.82) is 0 Å². The van der Waals surface area contributed by atoms with E-state index in [4.69, 9.17) is 9.94 Å². The van der Waals surface area contributed by atoms with Crippen molar-refractivity contribution in [2.75, 3.05) is 7.11 Å². The maximum atomic E-state index is 13.0. The summed E-state index contributed by atoms with van der Waals surface area (Å²) in [5.74, 6) is -0.332. The Morgan fingerprint density at radius 1 is 1.54 bits per heavy atom. The molecule has 0 aliphatic carbocycles. The van der Waals surface area contributed by atoms with Gasteiger partial charge in [0.25, 0.3) is 0 Å². The molecule has 0 spiro atoms. The van der Waals surface area contributed by atoms with Gasteiger partial charge in [0, 0.05) is 19.2 Å². The zero-order valence-electron chi connectivity index (χ0n) is 7.38. The van der Waals surface area contributed by atoms with Gasteiger partial charge in [0.15, 0.2) is 0 Å². The number of hydrogen-bond acceptors (Lipinski definition) is 3. The molecule has 1 aromatic carbocycles. The third-order valence-corrected chi connectivity index (χ3v) is 1.69. The summed E-state index contributed by atoms with van der Waals surface area (Å²) >= 11 is 0. The fourth-order valence-electron chi connectivity index (χ4n) is 1.11. The molecule has 0 saturated heterocycles. The normalized spacial score (nSPS) is 10.4. The molecule has 3 nitrogen and oxygen atoms in total. The van der Waals surface area contributed by atoms with E-state index < -0.39 is 0 Å². The lowest BCUT2D eigenvalue weighted by atomic mass is 10.1. The first-order chi connectivity index (χ1) is 6.27. The Morgan fingerprint density at radius 3 is 2.92 bits per heavy atom. The van der Waals surface area contributed by atoms with Crippen molar-refractivity contribution < 1.29 is 14.3 Å². The van der Waals surface area contributed by atoms with Crippen LogP contribution < -0.4 is 5.48 Å². The second-order valence-corrected chi connectivity index (χ2v) is 2.69. The second kappa shape index (κ2) is 4.91. The van der Waals surface area contributed by atoms with E-state index in [1.54, 1.807) is 19.2 Å². The number of benzene rings is 1. The molecule has 1 rings (SSSR count). The second-order valence-electron chi connectivity index (χ2n) is 2.69. The molecule has 1 aromatic rings. The zero-order valence-corrected chi connectivity index (χ0v) is 7.38. The summed E-state index contributed by atoms with van der Waals surface area (Å²) in [5.41, 5.74) is 3.22. The maximum absolute atomic E-state index is 13.0. The van der Waals surface area contributed by atoms with Crippen molar-refractivity contribution in [1.82, 2.24) is 5.48 Å². The predicted molar refractivity (Wildman–Crippen MR) is 45.7 cm³/mol. The third-order valence-electron chi connectivity index (χ3n) is 1.69. The number of halogens is 1. The van der Waals surface area contributed by atoms with E-state index in [0.717, 1.165) is 5.56 Å². The number of nitrogens with one attached hydrogen (secondary N) is 1. The largest absolute Gasteiger partial charge is 0.380 e. The first-order valence-electron chi connectivity index (χ1n) is 3.91. The Balaban J connectivity index is 2.83. The Hall–Kier alpha value is -0.970. The van der Waals surface area contributed by atoms with Gasteiger partial charge in [0.2, 0.25) is 0 Å². The lowest BCUT2D eigenvalue weighted by Crippen LogP contribution is -2.08. The van der Waals surface area contributed by atoms with Crippen molar-refractivity contribution in [2.24, 2.45) is 0 Å². The van der Waals surface area contributed by atoms with Gasteiger partial charge in [-0.05, 0) is 17.7 Å². The van der Waals surface area contributed by atoms with E-state index >= 15 is 0 Å². The smallest absolute Gasteiger partial charge is 0.127 e. The minimum Gasteiger partial charge on any atom is -0.380 e. The van der Waals surface area contributed by atoms with Crippen molar-refractivity contribution in [2.45, 2.75) is 13.2 Å². The molecule has 4 heteroatoms. The molecule has 0 amide bonds. The topological polar surface area (TPSA) is 41.5 Å². The van der Waals surface area contributed by atoms with Crippen LogP contribution in [-0.2, 0) is 17.9 Å². The van der Waals surface area contributed by atoms with E-state index in [2.05, 4.69) is 0 Å². The van der Waals surface area contributed by atoms with Crippen LogP contribution in [0.1, 0.15) is 11.1 Å². The maximum Gasteiger partial charge on any atom is 0.127 e. The number of methoxy groups -OCH3 is 1. The lowest BCUT2D eigenvalue weighted by molar-refractivity contribution is 0.159. The van der Waals surface area contributed by atoms with Crippen LogP contribution in [0.3, 0.4) is 0 Å². The van der Waals surface area contributed by atoms with Crippen LogP contribution in [0.25, 0.3) is 0 Å². The molecule has 2 N–H and O–H groups in total. The minimum atomic E-state index is -0.332. The van der Waals surface area contributed by atoms with E-state index in [1.165, 1.54) is 6.07 Å². The highest BCUT2D eigenvalue weighted by atomic mass is 19.1. The quantitative estimate of drug-likeness (QED) is 0.697. The van der Waals surface area contributed by atoms with Crippen molar-refractivity contribution >= 4 is 0 Å². The molecule has 0 aliphatic rings. The highest BCUT2D eigenvalue weighted by molar-refractivity contribution is 5.24. The number of rotatable bonds is 4. The van der Waals surface area contributed by atoms with Gasteiger partial charge in [-0.15, -0.1) is 0 Å². The van der Waals surface area contributed by atoms with Crippen molar-refractivity contribution in [3.63, 3.8) is 0 Å². The van der Waals surface area contributed by atoms with Gasteiger partial charge in [-0.25, -0.2) is 9.87 Å². The fraction of sp³-hybridized carbons (Fsp3) is 0.333. The molecule has 0 aromatic heterocycles. The fourth-order valence-corrected chi connectivity index (χ4v) is 1.11. The zero-order chi connectivity index (χ0) is 9.68. The molecular weight excluding hydrogens is 173 g/mol. The molecule has 0 fully saturated rings. The van der Waals surface area contributed by atoms with Crippen LogP contribution in [0.15, 0.2) is 18.2 Å². The third kappa shape index (κ3) is 2.77. The summed E-state index contributed by atoms with van der Waals surface area (Å²) in [4.78, 5) is 0. The standard InChI is InChI=1S/C9H12FNO2/c1-13-6-7-2-3-9(10)8(4-7)5-11-12/h2-4,11-12H,5-6H2,1H3. The SMILES string of the molecule is COCc1ccc(F)c(CNO)c1. The lowest BCUT2D eigenvalue weighted by Gasteiger charge is -2.04. The summed E-state index contributed by atoms with van der Waals surface area (Å²) in [7, 11) is 1.58. The van der Waals surface area contributed by atoms with Gasteiger partial charge in [-0.1, -0.05) is 6.07 Å². The van der Waals surface area contributed by atoms with Gasteiger partial charge < -0.3 is 9.94 Å². The molecule has 0 atom stereocenters. The Labute approximate surface area is 76.1 Å². The van der Waals surface area contributed by atoms with Crippen LogP contribution in [0.5, 0.6) is 0 Å². The van der Waals surface area contributed by atoms with Crippen molar-refractivity contribution in [3.8, 4) is 0 Å². The average Bonchev–Trinajstić information content (AvgIpc) is 2.12. The van der Waals surface area contributed by atoms with Crippen LogP contribution in [0, 0.1) is 5.82 Å². The highest BCUT2D eigenvalue weighted by Gasteiger charge is 2.02. The minimum absolute atomic E-state index is 0.101. The van der Waals surface area contributed by atoms with Crippen LogP contribution >= 0.6 is 0 Å². The number of ether oxygens (including phenoxy) is 1. The first kappa shape index (κ1) is 10.1. The van der Waals surface area contributed by atoms with Gasteiger partial charge >= 0.3 is 0 Å². The van der Waals surface area contributed by atoms with E-state index in [9.17, 15) is 4.39 Å². The highest BCUT2D eigenvalue weighted by Crippen LogP contribution is 2.10. The molecular formula is C9H12FNO2. The summed E-state index contributed by atoms with van der Waals surface area (Å²) in [6, 6.07) is 4.67. The van der Waals surface area contributed by atoms with Gasteiger partial charge in [0.1, 0.15) is 5.82 Å². The van der Waals surface area contributed by atoms with Crippen LogP contribution in [0.4, 0.5) is 4.39 Å². The van der Waals surface area contributed by atoms with Gasteiger partial charge in [-0.3, -0.25) is 0 Å². The Morgan fingerprint density at radius 2 is 2.31 bits per heavy atom. The van der Waals surface area contributed by atoms with Gasteiger partial charge in [-0.2, -0.15) is 0 Å². The number of hydroxylamine groups is 1. The van der Waals surface area contributed by atoms with Crippen LogP contribution in [0.2, 0.25) is 0 Å². The summed E-state index contributed by atoms with van der Waals surface area (Å²) in [6.07, 6.45) is 0. The molecule has 0 bridgehead atoms. The molecule has 0 aliphatic heterocycles. The van der Waals surface area contributed by atoms with Crippen molar-refractivity contribution in [3.05, 3.63) is 35.1 Å². The summed E-state index contributed by atoms with van der Waals surface area (Å²) in [6.45, 7) is 0.544. The first-order valence-corrected chi connectivity index (χ1v) is 3.91. The molecule has 0 unspecified atom stereocenters. The van der Waals surface area contributed by atoms with E-state index in [-0.39, 0.29) is 12.4 Å². The summed E-state index contributed by atoms with van der Waals surface area (Å²) < 4.78 is 17.9.